The second-order valence-electron chi connectivity index (χ2n) is 7.62. The Labute approximate surface area is 174 Å². The van der Waals surface area contributed by atoms with Gasteiger partial charge in [0.2, 0.25) is 0 Å². The first kappa shape index (κ1) is 21.2. The van der Waals surface area contributed by atoms with Gasteiger partial charge in [-0.25, -0.2) is 9.82 Å². The number of non-ortho nitro benzene ring substituents is 1. The lowest BCUT2D eigenvalue weighted by atomic mass is 9.88. The van der Waals surface area contributed by atoms with Gasteiger partial charge in [-0.05, 0) is 57.5 Å². The first-order valence-corrected chi connectivity index (χ1v) is 9.53. The molecule has 0 saturated carbocycles. The van der Waals surface area contributed by atoms with E-state index in [2.05, 4.69) is 35.4 Å². The van der Waals surface area contributed by atoms with E-state index in [1.165, 1.54) is 36.5 Å². The topological polar surface area (TPSA) is 87.8 Å². The molecule has 0 unspecified atom stereocenters. The van der Waals surface area contributed by atoms with Gasteiger partial charge < -0.3 is 4.90 Å². The number of allylic oxidation sites excluding steroid dienone is 1. The highest BCUT2D eigenvalue weighted by Crippen LogP contribution is 2.39. The molecule has 1 heterocycles. The number of anilines is 1. The Morgan fingerprint density at radius 3 is 2.57 bits per heavy atom. The molecule has 1 aliphatic rings. The Kier molecular flexibility index (Phi) is 5.69. The van der Waals surface area contributed by atoms with E-state index in [9.17, 15) is 19.3 Å². The smallest absolute Gasteiger partial charge is 0.271 e. The van der Waals surface area contributed by atoms with Gasteiger partial charge in [0.05, 0.1) is 16.7 Å². The van der Waals surface area contributed by atoms with E-state index in [1.54, 1.807) is 6.07 Å². The van der Waals surface area contributed by atoms with E-state index in [0.29, 0.717) is 0 Å². The molecule has 8 heteroatoms. The molecule has 0 fully saturated rings. The molecule has 7 nitrogen and oxygen atoms in total. The lowest BCUT2D eigenvalue weighted by Gasteiger charge is -2.42. The number of likely N-dealkylation sites (N-methyl/N-ethyl adjacent to an activating group) is 1. The van der Waals surface area contributed by atoms with E-state index in [0.717, 1.165) is 23.4 Å². The third-order valence-corrected chi connectivity index (χ3v) is 5.12. The number of rotatable bonds is 5. The fourth-order valence-electron chi connectivity index (χ4n) is 3.75. The Hall–Kier alpha value is -3.55. The maximum absolute atomic E-state index is 14.7. The molecule has 156 valence electrons. The van der Waals surface area contributed by atoms with Crippen molar-refractivity contribution < 1.29 is 14.1 Å². The van der Waals surface area contributed by atoms with Crippen LogP contribution in [0.15, 0.2) is 47.6 Å². The molecule has 1 aliphatic heterocycles. The lowest BCUT2D eigenvalue weighted by Crippen LogP contribution is -2.45. The zero-order valence-electron chi connectivity index (χ0n) is 17.3. The summed E-state index contributed by atoms with van der Waals surface area (Å²) in [5.41, 5.74) is 5.24. The van der Waals surface area contributed by atoms with Crippen molar-refractivity contribution in [2.75, 3.05) is 11.4 Å². The summed E-state index contributed by atoms with van der Waals surface area (Å²) < 4.78 is 14.7. The highest BCUT2D eigenvalue weighted by atomic mass is 19.1. The van der Waals surface area contributed by atoms with Crippen LogP contribution in [0.3, 0.4) is 0 Å². The van der Waals surface area contributed by atoms with E-state index in [4.69, 9.17) is 0 Å². The van der Waals surface area contributed by atoms with Crippen molar-refractivity contribution in [2.45, 2.75) is 33.2 Å². The van der Waals surface area contributed by atoms with Gasteiger partial charge in [0.1, 0.15) is 5.82 Å². The number of hydrazone groups is 1. The number of benzene rings is 2. The van der Waals surface area contributed by atoms with Crippen LogP contribution < -0.4 is 10.3 Å². The number of nitrogens with one attached hydrogen (secondary N) is 1. The minimum absolute atomic E-state index is 0.112. The predicted octanol–water partition coefficient (Wildman–Crippen LogP) is 4.52. The van der Waals surface area contributed by atoms with Crippen molar-refractivity contribution in [1.82, 2.24) is 5.43 Å². The number of nitro benzene ring substituents is 1. The van der Waals surface area contributed by atoms with Gasteiger partial charge in [-0.3, -0.25) is 14.9 Å². The Bertz CT molecular complexity index is 1060. The number of carbonyl (C=O) groups excluding carboxylic acids is 1. The van der Waals surface area contributed by atoms with Crippen LogP contribution >= 0.6 is 0 Å². The number of nitro groups is 1. The molecule has 0 spiro atoms. The Balaban J connectivity index is 1.81. The summed E-state index contributed by atoms with van der Waals surface area (Å²) in [7, 11) is 0. The average Bonchev–Trinajstić information content (AvgIpc) is 2.68. The fraction of sp³-hybridized carbons (Fsp3) is 0.273. The van der Waals surface area contributed by atoms with Crippen molar-refractivity contribution in [1.29, 1.82) is 0 Å². The van der Waals surface area contributed by atoms with Crippen molar-refractivity contribution in [3.63, 3.8) is 0 Å². The first-order chi connectivity index (χ1) is 14.1. The number of carbonyl (C=O) groups is 1. The number of nitrogens with zero attached hydrogens (tertiary/aromatic N) is 3. The van der Waals surface area contributed by atoms with Crippen molar-refractivity contribution in [3.05, 3.63) is 75.1 Å². The molecule has 2 aromatic carbocycles. The third kappa shape index (κ3) is 4.07. The quantitative estimate of drug-likeness (QED) is 0.446. The van der Waals surface area contributed by atoms with E-state index in [1.807, 2.05) is 13.8 Å². The monoisotopic (exact) mass is 410 g/mol. The summed E-state index contributed by atoms with van der Waals surface area (Å²) in [6.45, 7) is 8.93. The minimum atomic E-state index is -0.547. The molecule has 0 radical (unpaired) electrons. The van der Waals surface area contributed by atoms with Gasteiger partial charge in [0, 0.05) is 41.1 Å². The van der Waals surface area contributed by atoms with Crippen LogP contribution in [0.4, 0.5) is 15.8 Å². The molecule has 1 amide bonds. The minimum Gasteiger partial charge on any atom is -0.363 e. The van der Waals surface area contributed by atoms with Crippen LogP contribution in [-0.2, 0) is 0 Å². The zero-order chi connectivity index (χ0) is 22.1. The molecule has 0 bridgehead atoms. The normalized spacial score (nSPS) is 15.0. The molecule has 0 saturated heterocycles. The second-order valence-corrected chi connectivity index (χ2v) is 7.62. The van der Waals surface area contributed by atoms with E-state index in [-0.39, 0.29) is 22.4 Å². The van der Waals surface area contributed by atoms with Crippen molar-refractivity contribution in [3.8, 4) is 0 Å². The molecule has 1 N–H and O–H groups in total. The second kappa shape index (κ2) is 8.06. The first-order valence-electron chi connectivity index (χ1n) is 9.53. The lowest BCUT2D eigenvalue weighted by molar-refractivity contribution is -0.384. The van der Waals surface area contributed by atoms with Crippen LogP contribution in [0.25, 0.3) is 5.57 Å². The van der Waals surface area contributed by atoms with Gasteiger partial charge in [0.15, 0.2) is 0 Å². The molecular formula is C22H23FN4O3. The standard InChI is InChI=1S/C22H23FN4O3/c1-5-26-20-11-19(23)16(10-18(20)14(2)12-22(26,3)4)13-24-25-21(28)15-6-8-17(9-7-15)27(29)30/h6-13H,5H2,1-4H3,(H,25,28)/b24-13-. The molecule has 0 atom stereocenters. The zero-order valence-corrected chi connectivity index (χ0v) is 17.3. The molecule has 3 rings (SSSR count). The van der Waals surface area contributed by atoms with Gasteiger partial charge in [-0.2, -0.15) is 5.10 Å². The highest BCUT2D eigenvalue weighted by molar-refractivity contribution is 5.95. The van der Waals surface area contributed by atoms with Crippen LogP contribution in [-0.4, -0.2) is 29.1 Å². The molecule has 0 aromatic heterocycles. The largest absolute Gasteiger partial charge is 0.363 e. The summed E-state index contributed by atoms with van der Waals surface area (Å²) in [5.74, 6) is -0.986. The van der Waals surface area contributed by atoms with Crippen molar-refractivity contribution >= 4 is 29.1 Å². The van der Waals surface area contributed by atoms with Crippen LogP contribution in [0.5, 0.6) is 0 Å². The molecular weight excluding hydrogens is 387 g/mol. The maximum Gasteiger partial charge on any atom is 0.271 e. The molecule has 0 aliphatic carbocycles. The number of fused-ring (bicyclic) bond motifs is 1. The maximum atomic E-state index is 14.7. The number of hydrogen-bond acceptors (Lipinski definition) is 5. The predicted molar refractivity (Wildman–Crippen MR) is 115 cm³/mol. The summed E-state index contributed by atoms with van der Waals surface area (Å²) >= 11 is 0. The van der Waals surface area contributed by atoms with Gasteiger partial charge >= 0.3 is 0 Å². The van der Waals surface area contributed by atoms with Crippen LogP contribution in [0.1, 0.15) is 49.2 Å². The van der Waals surface area contributed by atoms with E-state index < -0.39 is 16.6 Å². The summed E-state index contributed by atoms with van der Waals surface area (Å²) in [5, 5.41) is 14.5. The number of amides is 1. The third-order valence-electron chi connectivity index (χ3n) is 5.12. The van der Waals surface area contributed by atoms with Crippen molar-refractivity contribution in [2.24, 2.45) is 5.10 Å². The summed E-state index contributed by atoms with van der Waals surface area (Å²) in [6, 6.07) is 8.34. The average molecular weight is 410 g/mol. The summed E-state index contributed by atoms with van der Waals surface area (Å²) in [6.07, 6.45) is 3.40. The number of hydrogen-bond donors (Lipinski definition) is 1. The van der Waals surface area contributed by atoms with Gasteiger partial charge in [-0.1, -0.05) is 6.08 Å². The Morgan fingerprint density at radius 1 is 1.30 bits per heavy atom. The molecule has 2 aromatic rings. The van der Waals surface area contributed by atoms with E-state index >= 15 is 0 Å². The SMILES string of the molecule is CCN1c2cc(F)c(/C=N\NC(=O)c3ccc([N+](=O)[O-])cc3)cc2C(C)=CC1(C)C. The number of halogens is 1. The summed E-state index contributed by atoms with van der Waals surface area (Å²) in [4.78, 5) is 24.4. The van der Waals surface area contributed by atoms with Gasteiger partial charge in [-0.15, -0.1) is 0 Å². The van der Waals surface area contributed by atoms with Gasteiger partial charge in [0.25, 0.3) is 11.6 Å². The van der Waals surface area contributed by atoms with Crippen LogP contribution in [0, 0.1) is 15.9 Å². The van der Waals surface area contributed by atoms with Crippen LogP contribution in [0.2, 0.25) is 0 Å². The highest BCUT2D eigenvalue weighted by Gasteiger charge is 2.30. The molecule has 30 heavy (non-hydrogen) atoms. The fourth-order valence-corrected chi connectivity index (χ4v) is 3.75. The Morgan fingerprint density at radius 2 is 1.97 bits per heavy atom.